The minimum atomic E-state index is 0.600. The Hall–Kier alpha value is -1.46. The molecule has 0 unspecified atom stereocenters. The SMILES string of the molecule is C#Cc1cc2nc(C)n(C)c2cc1Cl. The van der Waals surface area contributed by atoms with E-state index in [1.165, 1.54) is 0 Å². The molecule has 0 atom stereocenters. The molecule has 70 valence electrons. The maximum absolute atomic E-state index is 6.00. The summed E-state index contributed by atoms with van der Waals surface area (Å²) in [5, 5.41) is 0.600. The van der Waals surface area contributed by atoms with Gasteiger partial charge in [-0.15, -0.1) is 6.42 Å². The van der Waals surface area contributed by atoms with Gasteiger partial charge in [0.05, 0.1) is 16.1 Å². The van der Waals surface area contributed by atoms with Crippen LogP contribution < -0.4 is 0 Å². The molecule has 2 nitrogen and oxygen atoms in total. The van der Waals surface area contributed by atoms with Crippen LogP contribution in [-0.2, 0) is 7.05 Å². The first kappa shape index (κ1) is 9.11. The Bertz CT molecular complexity index is 546. The number of aromatic nitrogens is 2. The topological polar surface area (TPSA) is 17.8 Å². The van der Waals surface area contributed by atoms with E-state index in [4.69, 9.17) is 18.0 Å². The number of halogens is 1. The maximum Gasteiger partial charge on any atom is 0.106 e. The van der Waals surface area contributed by atoms with Crippen LogP contribution in [0, 0.1) is 19.3 Å². The molecule has 1 aromatic heterocycles. The molecule has 2 rings (SSSR count). The lowest BCUT2D eigenvalue weighted by atomic mass is 10.2. The van der Waals surface area contributed by atoms with Gasteiger partial charge in [0.1, 0.15) is 5.82 Å². The minimum absolute atomic E-state index is 0.600. The van der Waals surface area contributed by atoms with Crippen LogP contribution in [0.4, 0.5) is 0 Å². The molecule has 0 bridgehead atoms. The van der Waals surface area contributed by atoms with Gasteiger partial charge in [-0.05, 0) is 19.1 Å². The molecule has 14 heavy (non-hydrogen) atoms. The summed E-state index contributed by atoms with van der Waals surface area (Å²) in [7, 11) is 1.95. The highest BCUT2D eigenvalue weighted by Crippen LogP contribution is 2.23. The van der Waals surface area contributed by atoms with Gasteiger partial charge in [-0.25, -0.2) is 4.98 Å². The molecule has 3 heteroatoms. The van der Waals surface area contributed by atoms with Gasteiger partial charge in [-0.3, -0.25) is 0 Å². The van der Waals surface area contributed by atoms with Crippen LogP contribution in [0.3, 0.4) is 0 Å². The van der Waals surface area contributed by atoms with E-state index >= 15 is 0 Å². The predicted octanol–water partition coefficient (Wildman–Crippen LogP) is 2.52. The van der Waals surface area contributed by atoms with Crippen molar-refractivity contribution in [3.05, 3.63) is 28.5 Å². The molecule has 2 aromatic rings. The second-order valence-corrected chi connectivity index (χ2v) is 3.59. The highest BCUT2D eigenvalue weighted by atomic mass is 35.5. The van der Waals surface area contributed by atoms with Crippen molar-refractivity contribution in [3.8, 4) is 12.3 Å². The molecule has 0 amide bonds. The smallest absolute Gasteiger partial charge is 0.106 e. The summed E-state index contributed by atoms with van der Waals surface area (Å²) in [6, 6.07) is 3.69. The van der Waals surface area contributed by atoms with Crippen molar-refractivity contribution in [1.29, 1.82) is 0 Å². The lowest BCUT2D eigenvalue weighted by Crippen LogP contribution is -1.90. The summed E-state index contributed by atoms with van der Waals surface area (Å²) in [5.41, 5.74) is 2.59. The van der Waals surface area contributed by atoms with Crippen LogP contribution in [0.25, 0.3) is 11.0 Å². The van der Waals surface area contributed by atoms with Gasteiger partial charge < -0.3 is 4.57 Å². The Morgan fingerprint density at radius 1 is 1.50 bits per heavy atom. The monoisotopic (exact) mass is 204 g/mol. The van der Waals surface area contributed by atoms with E-state index in [0.717, 1.165) is 16.9 Å². The summed E-state index contributed by atoms with van der Waals surface area (Å²) in [5.74, 6) is 3.48. The number of benzene rings is 1. The first-order chi connectivity index (χ1) is 6.63. The average Bonchev–Trinajstić information content (AvgIpc) is 2.43. The molecule has 0 saturated carbocycles. The Morgan fingerprint density at radius 3 is 2.86 bits per heavy atom. The number of rotatable bonds is 0. The third-order valence-electron chi connectivity index (χ3n) is 2.35. The first-order valence-corrected chi connectivity index (χ1v) is 4.60. The van der Waals surface area contributed by atoms with Crippen molar-refractivity contribution in [1.82, 2.24) is 9.55 Å². The zero-order chi connectivity index (χ0) is 10.3. The number of hydrogen-bond acceptors (Lipinski definition) is 1. The maximum atomic E-state index is 6.00. The van der Waals surface area contributed by atoms with Crippen LogP contribution in [0.15, 0.2) is 12.1 Å². The van der Waals surface area contributed by atoms with Crippen molar-refractivity contribution in [2.24, 2.45) is 7.05 Å². The fourth-order valence-electron chi connectivity index (χ4n) is 1.44. The molecule has 0 N–H and O–H groups in total. The number of hydrogen-bond donors (Lipinski definition) is 0. The average molecular weight is 205 g/mol. The van der Waals surface area contributed by atoms with Gasteiger partial charge in [0.15, 0.2) is 0 Å². The van der Waals surface area contributed by atoms with E-state index in [0.29, 0.717) is 10.6 Å². The van der Waals surface area contributed by atoms with E-state index in [1.807, 2.05) is 30.7 Å². The highest BCUT2D eigenvalue weighted by Gasteiger charge is 2.07. The molecule has 1 aromatic carbocycles. The Kier molecular flexibility index (Phi) is 1.98. The van der Waals surface area contributed by atoms with E-state index < -0.39 is 0 Å². The zero-order valence-corrected chi connectivity index (χ0v) is 8.76. The number of terminal acetylenes is 1. The third-order valence-corrected chi connectivity index (χ3v) is 2.66. The van der Waals surface area contributed by atoms with Crippen molar-refractivity contribution < 1.29 is 0 Å². The quantitative estimate of drug-likeness (QED) is 0.603. The Labute approximate surface area is 87.5 Å². The summed E-state index contributed by atoms with van der Waals surface area (Å²) >= 11 is 6.00. The van der Waals surface area contributed by atoms with Gasteiger partial charge in [0, 0.05) is 12.6 Å². The molecule has 0 saturated heterocycles. The highest BCUT2D eigenvalue weighted by molar-refractivity contribution is 6.32. The van der Waals surface area contributed by atoms with Crippen LogP contribution >= 0.6 is 11.6 Å². The minimum Gasteiger partial charge on any atom is -0.331 e. The molecular formula is C11H9ClN2. The lowest BCUT2D eigenvalue weighted by molar-refractivity contribution is 0.886. The van der Waals surface area contributed by atoms with E-state index in [9.17, 15) is 0 Å². The standard InChI is InChI=1S/C11H9ClN2/c1-4-8-5-10-11(6-9(8)12)14(3)7(2)13-10/h1,5-6H,2-3H3. The van der Waals surface area contributed by atoms with Crippen molar-refractivity contribution in [3.63, 3.8) is 0 Å². The van der Waals surface area contributed by atoms with Gasteiger partial charge in [0.2, 0.25) is 0 Å². The summed E-state index contributed by atoms with van der Waals surface area (Å²) < 4.78 is 1.99. The lowest BCUT2D eigenvalue weighted by Gasteiger charge is -1.98. The van der Waals surface area contributed by atoms with Crippen molar-refractivity contribution in [2.45, 2.75) is 6.92 Å². The second kappa shape index (κ2) is 3.04. The molecule has 0 spiro atoms. The van der Waals surface area contributed by atoms with E-state index in [-0.39, 0.29) is 0 Å². The number of imidazole rings is 1. The molecule has 0 aliphatic carbocycles. The van der Waals surface area contributed by atoms with Gasteiger partial charge in [-0.2, -0.15) is 0 Å². The third kappa shape index (κ3) is 1.18. The summed E-state index contributed by atoms with van der Waals surface area (Å²) in [6.07, 6.45) is 5.32. The summed E-state index contributed by atoms with van der Waals surface area (Å²) in [6.45, 7) is 1.95. The Balaban J connectivity index is 2.88. The largest absolute Gasteiger partial charge is 0.331 e. The molecule has 0 radical (unpaired) electrons. The van der Waals surface area contributed by atoms with Gasteiger partial charge >= 0.3 is 0 Å². The fourth-order valence-corrected chi connectivity index (χ4v) is 1.66. The zero-order valence-electron chi connectivity index (χ0n) is 8.00. The van der Waals surface area contributed by atoms with Crippen molar-refractivity contribution >= 4 is 22.6 Å². The fraction of sp³-hybridized carbons (Fsp3) is 0.182. The van der Waals surface area contributed by atoms with E-state index in [2.05, 4.69) is 10.9 Å². The molecule has 1 heterocycles. The molecule has 0 aliphatic heterocycles. The van der Waals surface area contributed by atoms with Crippen LogP contribution in [0.1, 0.15) is 11.4 Å². The Morgan fingerprint density at radius 2 is 2.21 bits per heavy atom. The number of aryl methyl sites for hydroxylation is 2. The molecular weight excluding hydrogens is 196 g/mol. The van der Waals surface area contributed by atoms with Crippen LogP contribution in [0.5, 0.6) is 0 Å². The number of nitrogens with zero attached hydrogens (tertiary/aromatic N) is 2. The molecule has 0 aliphatic rings. The first-order valence-electron chi connectivity index (χ1n) is 4.22. The van der Waals surface area contributed by atoms with Crippen LogP contribution in [-0.4, -0.2) is 9.55 Å². The van der Waals surface area contributed by atoms with Crippen molar-refractivity contribution in [2.75, 3.05) is 0 Å². The normalized spacial score (nSPS) is 10.4. The summed E-state index contributed by atoms with van der Waals surface area (Å²) in [4.78, 5) is 4.37. The molecule has 0 fully saturated rings. The number of fused-ring (bicyclic) bond motifs is 1. The van der Waals surface area contributed by atoms with Gasteiger partial charge in [-0.1, -0.05) is 17.5 Å². The van der Waals surface area contributed by atoms with E-state index in [1.54, 1.807) is 0 Å². The van der Waals surface area contributed by atoms with Gasteiger partial charge in [0.25, 0.3) is 0 Å². The predicted molar refractivity (Wildman–Crippen MR) is 58.4 cm³/mol. The second-order valence-electron chi connectivity index (χ2n) is 3.18. The van der Waals surface area contributed by atoms with Crippen LogP contribution in [0.2, 0.25) is 5.02 Å².